The van der Waals surface area contributed by atoms with Crippen molar-refractivity contribution in [1.29, 1.82) is 0 Å². The normalized spacial score (nSPS) is 10.2. The molecular formula is C11H13BrFNOS. The third kappa shape index (κ3) is 3.79. The molecule has 0 aliphatic heterocycles. The molecule has 1 aromatic carbocycles. The molecule has 0 saturated heterocycles. The predicted molar refractivity (Wildman–Crippen MR) is 70.5 cm³/mol. The minimum atomic E-state index is -0.370. The predicted octanol–water partition coefficient (Wildman–Crippen LogP) is 3.59. The average Bonchev–Trinajstić information content (AvgIpc) is 2.23. The molecule has 0 aliphatic rings. The quantitative estimate of drug-likeness (QED) is 0.921. The van der Waals surface area contributed by atoms with E-state index in [9.17, 15) is 9.18 Å². The van der Waals surface area contributed by atoms with Gasteiger partial charge in [-0.25, -0.2) is 4.39 Å². The molecule has 88 valence electrons. The molecule has 5 heteroatoms. The van der Waals surface area contributed by atoms with Gasteiger partial charge >= 0.3 is 0 Å². The Morgan fingerprint density at radius 2 is 2.25 bits per heavy atom. The highest BCUT2D eigenvalue weighted by Crippen LogP contribution is 2.24. The Kier molecular flexibility index (Phi) is 5.28. The van der Waals surface area contributed by atoms with Gasteiger partial charge in [0.15, 0.2) is 0 Å². The van der Waals surface area contributed by atoms with Gasteiger partial charge < -0.3 is 5.32 Å². The Labute approximate surface area is 107 Å². The average molecular weight is 306 g/mol. The van der Waals surface area contributed by atoms with Crippen LogP contribution in [0.25, 0.3) is 0 Å². The highest BCUT2D eigenvalue weighted by Gasteiger charge is 2.08. The number of halogens is 2. The topological polar surface area (TPSA) is 29.1 Å². The van der Waals surface area contributed by atoms with Crippen LogP contribution in [0.3, 0.4) is 0 Å². The summed E-state index contributed by atoms with van der Waals surface area (Å²) in [7, 11) is 0. The van der Waals surface area contributed by atoms with Crippen molar-refractivity contribution in [1.82, 2.24) is 0 Å². The van der Waals surface area contributed by atoms with Crippen molar-refractivity contribution >= 4 is 39.3 Å². The van der Waals surface area contributed by atoms with Gasteiger partial charge in [0.25, 0.3) is 0 Å². The molecule has 0 bridgehead atoms. The molecule has 0 atom stereocenters. The first-order valence-electron chi connectivity index (χ1n) is 4.79. The maximum atomic E-state index is 13.3. The first-order chi connectivity index (χ1) is 7.54. The molecule has 16 heavy (non-hydrogen) atoms. The summed E-state index contributed by atoms with van der Waals surface area (Å²) in [5.74, 6) is 0.314. The fourth-order valence-electron chi connectivity index (χ4n) is 1.19. The van der Waals surface area contributed by atoms with E-state index < -0.39 is 0 Å². The number of rotatable bonds is 4. The molecular weight excluding hydrogens is 293 g/mol. The van der Waals surface area contributed by atoms with Gasteiger partial charge in [0.2, 0.25) is 5.91 Å². The second-order valence-corrected chi connectivity index (χ2v) is 5.21. The number of amides is 1. The van der Waals surface area contributed by atoms with Gasteiger partial charge in [-0.2, -0.15) is 11.8 Å². The number of hydrogen-bond donors (Lipinski definition) is 1. The lowest BCUT2D eigenvalue weighted by Crippen LogP contribution is -2.13. The lowest BCUT2D eigenvalue weighted by atomic mass is 10.2. The van der Waals surface area contributed by atoms with Crippen LogP contribution in [0, 0.1) is 12.7 Å². The number of benzene rings is 1. The summed E-state index contributed by atoms with van der Waals surface area (Å²) in [6, 6.07) is 2.98. The third-order valence-electron chi connectivity index (χ3n) is 2.07. The van der Waals surface area contributed by atoms with Crippen molar-refractivity contribution in [2.45, 2.75) is 13.3 Å². The van der Waals surface area contributed by atoms with Gasteiger partial charge in [0.05, 0.1) is 4.47 Å². The number of anilines is 1. The summed E-state index contributed by atoms with van der Waals surface area (Å²) >= 11 is 4.71. The number of aryl methyl sites for hydroxylation is 1. The van der Waals surface area contributed by atoms with Crippen LogP contribution < -0.4 is 5.32 Å². The minimum absolute atomic E-state index is 0.0841. The van der Waals surface area contributed by atoms with Gasteiger partial charge in [0, 0.05) is 17.9 Å². The Bertz CT molecular complexity index is 398. The van der Waals surface area contributed by atoms with Crippen molar-refractivity contribution in [3.63, 3.8) is 0 Å². The largest absolute Gasteiger partial charge is 0.326 e. The van der Waals surface area contributed by atoms with Gasteiger partial charge in [-0.05, 0) is 46.8 Å². The number of nitrogens with one attached hydrogen (secondary N) is 1. The van der Waals surface area contributed by atoms with E-state index in [0.29, 0.717) is 16.6 Å². The number of carbonyl (C=O) groups excluding carboxylic acids is 1. The zero-order valence-corrected chi connectivity index (χ0v) is 11.5. The molecule has 2 nitrogen and oxygen atoms in total. The van der Waals surface area contributed by atoms with Gasteiger partial charge in [-0.1, -0.05) is 0 Å². The smallest absolute Gasteiger partial charge is 0.225 e. The van der Waals surface area contributed by atoms with Gasteiger partial charge in [-0.3, -0.25) is 4.79 Å². The van der Waals surface area contributed by atoms with E-state index in [1.165, 1.54) is 6.07 Å². The lowest BCUT2D eigenvalue weighted by Gasteiger charge is -2.09. The van der Waals surface area contributed by atoms with Crippen LogP contribution in [0.5, 0.6) is 0 Å². The van der Waals surface area contributed by atoms with Crippen LogP contribution in [-0.4, -0.2) is 17.9 Å². The van der Waals surface area contributed by atoms with E-state index in [1.807, 2.05) is 13.2 Å². The van der Waals surface area contributed by atoms with Crippen LogP contribution in [0.2, 0.25) is 0 Å². The Hall–Kier alpha value is -0.550. The molecule has 0 unspecified atom stereocenters. The Morgan fingerprint density at radius 3 is 2.88 bits per heavy atom. The van der Waals surface area contributed by atoms with Crippen molar-refractivity contribution in [3.8, 4) is 0 Å². The van der Waals surface area contributed by atoms with E-state index in [-0.39, 0.29) is 11.7 Å². The van der Waals surface area contributed by atoms with Crippen LogP contribution in [0.15, 0.2) is 16.6 Å². The van der Waals surface area contributed by atoms with E-state index in [1.54, 1.807) is 17.8 Å². The van der Waals surface area contributed by atoms with Gasteiger partial charge in [-0.15, -0.1) is 0 Å². The van der Waals surface area contributed by atoms with Crippen LogP contribution in [0.1, 0.15) is 12.0 Å². The second kappa shape index (κ2) is 6.25. The maximum Gasteiger partial charge on any atom is 0.225 e. The minimum Gasteiger partial charge on any atom is -0.326 e. The molecule has 0 aliphatic carbocycles. The summed E-state index contributed by atoms with van der Waals surface area (Å²) in [5, 5.41) is 2.70. The molecule has 0 saturated carbocycles. The third-order valence-corrected chi connectivity index (χ3v) is 3.29. The van der Waals surface area contributed by atoms with Crippen LogP contribution in [-0.2, 0) is 4.79 Å². The summed E-state index contributed by atoms with van der Waals surface area (Å²) in [5.41, 5.74) is 1.37. The molecule has 1 N–H and O–H groups in total. The molecule has 1 rings (SSSR count). The molecule has 0 heterocycles. The van der Waals surface area contributed by atoms with Crippen molar-refractivity contribution in [3.05, 3.63) is 28.0 Å². The Morgan fingerprint density at radius 1 is 1.56 bits per heavy atom. The first kappa shape index (κ1) is 13.5. The fraction of sp³-hybridized carbons (Fsp3) is 0.364. The summed E-state index contributed by atoms with van der Waals surface area (Å²) in [6.07, 6.45) is 2.39. The molecule has 0 spiro atoms. The molecule has 0 aromatic heterocycles. The van der Waals surface area contributed by atoms with E-state index in [0.717, 1.165) is 11.3 Å². The number of carbonyl (C=O) groups is 1. The summed E-state index contributed by atoms with van der Waals surface area (Å²) in [4.78, 5) is 11.5. The van der Waals surface area contributed by atoms with E-state index >= 15 is 0 Å². The van der Waals surface area contributed by atoms with Crippen molar-refractivity contribution in [2.75, 3.05) is 17.3 Å². The second-order valence-electron chi connectivity index (χ2n) is 3.37. The Balaban J connectivity index is 2.73. The standard InChI is InChI=1S/C11H13BrFNOS/c1-7-5-8(12)9(13)6-10(7)14-11(15)3-4-16-2/h5-6H,3-4H2,1-2H3,(H,14,15). The summed E-state index contributed by atoms with van der Waals surface area (Å²) < 4.78 is 13.7. The molecule has 0 fully saturated rings. The summed E-state index contributed by atoms with van der Waals surface area (Å²) in [6.45, 7) is 1.83. The zero-order valence-electron chi connectivity index (χ0n) is 9.14. The van der Waals surface area contributed by atoms with Crippen LogP contribution in [0.4, 0.5) is 10.1 Å². The van der Waals surface area contributed by atoms with Crippen LogP contribution >= 0.6 is 27.7 Å². The van der Waals surface area contributed by atoms with Crippen molar-refractivity contribution in [2.24, 2.45) is 0 Å². The highest BCUT2D eigenvalue weighted by molar-refractivity contribution is 9.10. The molecule has 0 radical (unpaired) electrons. The number of thioether (sulfide) groups is 1. The van der Waals surface area contributed by atoms with E-state index in [4.69, 9.17) is 0 Å². The monoisotopic (exact) mass is 305 g/mol. The van der Waals surface area contributed by atoms with E-state index in [2.05, 4.69) is 21.2 Å². The van der Waals surface area contributed by atoms with Gasteiger partial charge in [0.1, 0.15) is 5.82 Å². The lowest BCUT2D eigenvalue weighted by molar-refractivity contribution is -0.115. The molecule has 1 aromatic rings. The molecule has 1 amide bonds. The van der Waals surface area contributed by atoms with Crippen molar-refractivity contribution < 1.29 is 9.18 Å². The SMILES string of the molecule is CSCCC(=O)Nc1cc(F)c(Br)cc1C. The maximum absolute atomic E-state index is 13.3. The first-order valence-corrected chi connectivity index (χ1v) is 6.97. The zero-order chi connectivity index (χ0) is 12.1. The highest BCUT2D eigenvalue weighted by atomic mass is 79.9. The number of hydrogen-bond acceptors (Lipinski definition) is 2. The fourth-order valence-corrected chi connectivity index (χ4v) is 2.04.